The molecule has 0 aliphatic heterocycles. The molecule has 0 spiro atoms. The molecule has 1 atom stereocenters. The summed E-state index contributed by atoms with van der Waals surface area (Å²) in [4.78, 5) is 10.7. The van der Waals surface area contributed by atoms with E-state index in [1.54, 1.807) is 12.1 Å². The zero-order valence-electron chi connectivity index (χ0n) is 8.03. The van der Waals surface area contributed by atoms with E-state index in [0.717, 1.165) is 5.56 Å². The number of aryl methyl sites for hydroxylation is 1. The highest BCUT2D eigenvalue weighted by molar-refractivity contribution is 6.30. The van der Waals surface area contributed by atoms with Crippen molar-refractivity contribution < 1.29 is 15.0 Å². The smallest absolute Gasteiger partial charge is 0.306 e. The second-order valence-electron chi connectivity index (χ2n) is 3.90. The summed E-state index contributed by atoms with van der Waals surface area (Å²) >= 11 is 5.83. The predicted octanol–water partition coefficient (Wildman–Crippen LogP) is 1.95. The third kappa shape index (κ3) is 1.85. The SMILES string of the molecule is O=C(O)CC1(O)CCc2ccc(Cl)cc21. The molecule has 3 nitrogen and oxygen atoms in total. The molecule has 1 aliphatic carbocycles. The van der Waals surface area contributed by atoms with Crippen molar-refractivity contribution in [2.45, 2.75) is 24.9 Å². The molecular weight excluding hydrogens is 216 g/mol. The molecule has 0 radical (unpaired) electrons. The van der Waals surface area contributed by atoms with Crippen LogP contribution in [0.1, 0.15) is 24.0 Å². The third-order valence-electron chi connectivity index (χ3n) is 2.82. The van der Waals surface area contributed by atoms with Gasteiger partial charge in [0.25, 0.3) is 0 Å². The Morgan fingerprint density at radius 2 is 2.27 bits per heavy atom. The normalized spacial score (nSPS) is 23.9. The first-order valence-electron chi connectivity index (χ1n) is 4.74. The molecule has 0 aromatic heterocycles. The largest absolute Gasteiger partial charge is 0.481 e. The number of hydrogen-bond acceptors (Lipinski definition) is 2. The van der Waals surface area contributed by atoms with Crippen LogP contribution in [0.25, 0.3) is 0 Å². The number of carboxylic acid groups (broad SMARTS) is 1. The highest BCUT2D eigenvalue weighted by Crippen LogP contribution is 2.40. The number of carbonyl (C=O) groups is 1. The molecule has 2 N–H and O–H groups in total. The van der Waals surface area contributed by atoms with Gasteiger partial charge in [0.05, 0.1) is 6.42 Å². The zero-order valence-corrected chi connectivity index (χ0v) is 8.79. The Kier molecular flexibility index (Phi) is 2.44. The number of fused-ring (bicyclic) bond motifs is 1. The van der Waals surface area contributed by atoms with Crippen LogP contribution in [-0.2, 0) is 16.8 Å². The van der Waals surface area contributed by atoms with Gasteiger partial charge in [-0.2, -0.15) is 0 Å². The number of halogens is 1. The Morgan fingerprint density at radius 1 is 1.53 bits per heavy atom. The standard InChI is InChI=1S/C11H11ClO3/c12-8-2-1-7-3-4-11(15,6-10(13)14)9(7)5-8/h1-2,5,15H,3-4,6H2,(H,13,14). The van der Waals surface area contributed by atoms with E-state index < -0.39 is 11.6 Å². The van der Waals surface area contributed by atoms with E-state index in [9.17, 15) is 9.90 Å². The van der Waals surface area contributed by atoms with Crippen LogP contribution in [0.15, 0.2) is 18.2 Å². The van der Waals surface area contributed by atoms with E-state index in [1.807, 2.05) is 6.07 Å². The monoisotopic (exact) mass is 226 g/mol. The molecule has 1 aromatic rings. The maximum absolute atomic E-state index is 10.7. The minimum atomic E-state index is -1.24. The van der Waals surface area contributed by atoms with Crippen LogP contribution < -0.4 is 0 Å². The maximum atomic E-state index is 10.7. The molecular formula is C11H11ClO3. The summed E-state index contributed by atoms with van der Waals surface area (Å²) < 4.78 is 0. The second kappa shape index (κ2) is 3.51. The van der Waals surface area contributed by atoms with Crippen molar-refractivity contribution in [3.63, 3.8) is 0 Å². The van der Waals surface area contributed by atoms with Gasteiger partial charge in [0.1, 0.15) is 5.60 Å². The fourth-order valence-corrected chi connectivity index (χ4v) is 2.28. The minimum Gasteiger partial charge on any atom is -0.481 e. The van der Waals surface area contributed by atoms with Crippen molar-refractivity contribution in [1.82, 2.24) is 0 Å². The van der Waals surface area contributed by atoms with Crippen molar-refractivity contribution in [3.8, 4) is 0 Å². The average Bonchev–Trinajstić information content (AvgIpc) is 2.43. The first-order chi connectivity index (χ1) is 7.01. The van der Waals surface area contributed by atoms with Gasteiger partial charge >= 0.3 is 5.97 Å². The van der Waals surface area contributed by atoms with Crippen molar-refractivity contribution in [2.24, 2.45) is 0 Å². The number of aliphatic hydroxyl groups is 1. The Bertz CT molecular complexity index is 416. The van der Waals surface area contributed by atoms with Crippen LogP contribution in [0.2, 0.25) is 5.02 Å². The molecule has 1 aliphatic rings. The van der Waals surface area contributed by atoms with Gasteiger partial charge in [0, 0.05) is 5.02 Å². The molecule has 0 saturated carbocycles. The molecule has 80 valence electrons. The fraction of sp³-hybridized carbons (Fsp3) is 0.364. The Labute approximate surface area is 92.3 Å². The van der Waals surface area contributed by atoms with Crippen molar-refractivity contribution in [1.29, 1.82) is 0 Å². The van der Waals surface area contributed by atoms with E-state index in [2.05, 4.69) is 0 Å². The highest BCUT2D eigenvalue weighted by Gasteiger charge is 2.38. The van der Waals surface area contributed by atoms with Gasteiger partial charge in [-0.15, -0.1) is 0 Å². The third-order valence-corrected chi connectivity index (χ3v) is 3.06. The molecule has 0 heterocycles. The van der Waals surface area contributed by atoms with Gasteiger partial charge in [-0.3, -0.25) is 4.79 Å². The van der Waals surface area contributed by atoms with Gasteiger partial charge in [0.15, 0.2) is 0 Å². The van der Waals surface area contributed by atoms with Crippen LogP contribution in [-0.4, -0.2) is 16.2 Å². The van der Waals surface area contributed by atoms with E-state index >= 15 is 0 Å². The Morgan fingerprint density at radius 3 is 2.93 bits per heavy atom. The molecule has 2 rings (SSSR count). The van der Waals surface area contributed by atoms with Crippen LogP contribution in [0.5, 0.6) is 0 Å². The second-order valence-corrected chi connectivity index (χ2v) is 4.34. The lowest BCUT2D eigenvalue weighted by atomic mass is 9.92. The quantitative estimate of drug-likeness (QED) is 0.811. The summed E-state index contributed by atoms with van der Waals surface area (Å²) in [5.41, 5.74) is 0.409. The van der Waals surface area contributed by atoms with E-state index in [-0.39, 0.29) is 6.42 Å². The molecule has 4 heteroatoms. The Balaban J connectivity index is 2.41. The van der Waals surface area contributed by atoms with Crippen LogP contribution >= 0.6 is 11.6 Å². The summed E-state index contributed by atoms with van der Waals surface area (Å²) in [6.45, 7) is 0. The van der Waals surface area contributed by atoms with E-state index in [1.165, 1.54) is 0 Å². The lowest BCUT2D eigenvalue weighted by Gasteiger charge is -2.21. The number of benzene rings is 1. The molecule has 1 aromatic carbocycles. The van der Waals surface area contributed by atoms with Gasteiger partial charge in [-0.05, 0) is 36.1 Å². The molecule has 0 bridgehead atoms. The summed E-state index contributed by atoms with van der Waals surface area (Å²) in [7, 11) is 0. The van der Waals surface area contributed by atoms with E-state index in [4.69, 9.17) is 16.7 Å². The highest BCUT2D eigenvalue weighted by atomic mass is 35.5. The van der Waals surface area contributed by atoms with Gasteiger partial charge < -0.3 is 10.2 Å². The van der Waals surface area contributed by atoms with Gasteiger partial charge in [-0.1, -0.05) is 17.7 Å². The number of hydrogen-bond donors (Lipinski definition) is 2. The average molecular weight is 227 g/mol. The van der Waals surface area contributed by atoms with Crippen molar-refractivity contribution >= 4 is 17.6 Å². The van der Waals surface area contributed by atoms with Crippen molar-refractivity contribution in [3.05, 3.63) is 34.3 Å². The summed E-state index contributed by atoms with van der Waals surface area (Å²) in [6.07, 6.45) is 0.894. The lowest BCUT2D eigenvalue weighted by molar-refractivity contribution is -0.142. The topological polar surface area (TPSA) is 57.5 Å². The lowest BCUT2D eigenvalue weighted by Crippen LogP contribution is -2.26. The fourth-order valence-electron chi connectivity index (χ4n) is 2.11. The summed E-state index contributed by atoms with van der Waals surface area (Å²) in [5.74, 6) is -0.995. The first-order valence-corrected chi connectivity index (χ1v) is 5.12. The molecule has 1 unspecified atom stereocenters. The number of rotatable bonds is 2. The summed E-state index contributed by atoms with van der Waals surface area (Å²) in [5, 5.41) is 19.5. The van der Waals surface area contributed by atoms with Crippen LogP contribution in [0, 0.1) is 0 Å². The van der Waals surface area contributed by atoms with E-state index in [0.29, 0.717) is 23.4 Å². The first kappa shape index (κ1) is 10.5. The van der Waals surface area contributed by atoms with Gasteiger partial charge in [-0.25, -0.2) is 0 Å². The zero-order chi connectivity index (χ0) is 11.1. The van der Waals surface area contributed by atoms with Crippen molar-refractivity contribution in [2.75, 3.05) is 0 Å². The number of carboxylic acids is 1. The number of aliphatic carboxylic acids is 1. The molecule has 0 amide bonds. The molecule has 15 heavy (non-hydrogen) atoms. The Hall–Kier alpha value is -1.06. The molecule has 0 fully saturated rings. The van der Waals surface area contributed by atoms with Crippen LogP contribution in [0.3, 0.4) is 0 Å². The summed E-state index contributed by atoms with van der Waals surface area (Å²) in [6, 6.07) is 5.26. The minimum absolute atomic E-state index is 0.264. The van der Waals surface area contributed by atoms with Gasteiger partial charge in [0.2, 0.25) is 0 Å². The maximum Gasteiger partial charge on any atom is 0.306 e. The molecule has 0 saturated heterocycles. The predicted molar refractivity (Wildman–Crippen MR) is 55.9 cm³/mol. The van der Waals surface area contributed by atoms with Crippen LogP contribution in [0.4, 0.5) is 0 Å².